The number of halogens is 2. The zero-order valence-electron chi connectivity index (χ0n) is 18.2. The molecule has 0 aliphatic carbocycles. The normalized spacial score (nSPS) is 14.8. The van der Waals surface area contributed by atoms with Gasteiger partial charge >= 0.3 is 0 Å². The van der Waals surface area contributed by atoms with E-state index in [2.05, 4.69) is 63.2 Å². The molecule has 1 N–H and O–H groups in total. The lowest BCUT2D eigenvalue weighted by atomic mass is 10.1. The predicted molar refractivity (Wildman–Crippen MR) is 133 cm³/mol. The third kappa shape index (κ3) is 6.47. The Balaban J connectivity index is 0.00000320. The fourth-order valence-electron chi connectivity index (χ4n) is 3.46. The van der Waals surface area contributed by atoms with Gasteiger partial charge in [-0.25, -0.2) is 0 Å². The fraction of sp³-hybridized carbons (Fsp3) is 0.571. The van der Waals surface area contributed by atoms with Crippen LogP contribution in [0.25, 0.3) is 0 Å². The van der Waals surface area contributed by atoms with Crippen LogP contribution < -0.4 is 10.2 Å². The van der Waals surface area contributed by atoms with Crippen LogP contribution in [0.1, 0.15) is 43.5 Å². The summed E-state index contributed by atoms with van der Waals surface area (Å²) in [5.74, 6) is 2.72. The van der Waals surface area contributed by atoms with Crippen LogP contribution in [0.2, 0.25) is 5.02 Å². The number of hydrogen-bond acceptors (Lipinski definition) is 5. The number of benzene rings is 1. The zero-order valence-corrected chi connectivity index (χ0v) is 21.3. The number of nitrogens with zero attached hydrogens (tertiary/aromatic N) is 5. The second kappa shape index (κ2) is 11.7. The summed E-state index contributed by atoms with van der Waals surface area (Å²) >= 11 is 6.19. The number of aryl methyl sites for hydroxylation is 2. The maximum absolute atomic E-state index is 6.19. The van der Waals surface area contributed by atoms with Gasteiger partial charge in [-0.2, -0.15) is 4.98 Å². The molecule has 3 rings (SSSR count). The minimum Gasteiger partial charge on any atom is -0.368 e. The molecule has 7 nitrogen and oxygen atoms in total. The summed E-state index contributed by atoms with van der Waals surface area (Å²) in [6.07, 6.45) is 1.69. The van der Waals surface area contributed by atoms with E-state index < -0.39 is 0 Å². The van der Waals surface area contributed by atoms with Crippen molar-refractivity contribution in [1.29, 1.82) is 0 Å². The topological polar surface area (TPSA) is 69.8 Å². The summed E-state index contributed by atoms with van der Waals surface area (Å²) in [6.45, 7) is 10.8. The van der Waals surface area contributed by atoms with Crippen molar-refractivity contribution in [3.05, 3.63) is 40.5 Å². The molecule has 166 valence electrons. The van der Waals surface area contributed by atoms with Crippen molar-refractivity contribution in [2.75, 3.05) is 44.7 Å². The molecule has 1 aliphatic rings. The minimum atomic E-state index is 0. The van der Waals surface area contributed by atoms with Crippen molar-refractivity contribution in [2.45, 2.75) is 39.5 Å². The summed E-state index contributed by atoms with van der Waals surface area (Å²) in [5.41, 5.74) is 2.48. The molecule has 0 unspecified atom stereocenters. The average Bonchev–Trinajstić information content (AvgIpc) is 3.19. The number of hydrogen-bond donors (Lipinski definition) is 1. The first-order chi connectivity index (χ1) is 14.0. The van der Waals surface area contributed by atoms with E-state index in [1.807, 2.05) is 13.1 Å². The Kier molecular flexibility index (Phi) is 9.67. The molecule has 1 aliphatic heterocycles. The van der Waals surface area contributed by atoms with Crippen LogP contribution in [-0.2, 0) is 6.42 Å². The van der Waals surface area contributed by atoms with Crippen molar-refractivity contribution in [2.24, 2.45) is 4.99 Å². The van der Waals surface area contributed by atoms with E-state index >= 15 is 0 Å². The number of anilines is 1. The molecule has 9 heteroatoms. The molecule has 2 heterocycles. The largest absolute Gasteiger partial charge is 0.368 e. The van der Waals surface area contributed by atoms with Gasteiger partial charge in [-0.05, 0) is 31.0 Å². The maximum Gasteiger partial charge on any atom is 0.226 e. The van der Waals surface area contributed by atoms with Gasteiger partial charge in [0.25, 0.3) is 0 Å². The molecular formula is C21H32ClIN6O. The van der Waals surface area contributed by atoms with Crippen molar-refractivity contribution in [3.8, 4) is 0 Å². The van der Waals surface area contributed by atoms with Crippen LogP contribution in [0, 0.1) is 6.92 Å². The summed E-state index contributed by atoms with van der Waals surface area (Å²) in [5, 5.41) is 8.26. The van der Waals surface area contributed by atoms with Gasteiger partial charge in [0.1, 0.15) is 0 Å². The van der Waals surface area contributed by atoms with Crippen LogP contribution in [0.4, 0.5) is 5.69 Å². The van der Waals surface area contributed by atoms with Crippen molar-refractivity contribution >= 4 is 47.2 Å². The van der Waals surface area contributed by atoms with Crippen LogP contribution >= 0.6 is 35.6 Å². The highest BCUT2D eigenvalue weighted by atomic mass is 127. The lowest BCUT2D eigenvalue weighted by molar-refractivity contribution is 0.363. The maximum atomic E-state index is 6.19. The molecule has 2 aromatic rings. The molecule has 0 spiro atoms. The van der Waals surface area contributed by atoms with E-state index in [1.165, 1.54) is 11.3 Å². The third-order valence-corrected chi connectivity index (χ3v) is 5.39. The second-order valence-electron chi connectivity index (χ2n) is 7.68. The average molecular weight is 547 g/mol. The summed E-state index contributed by atoms with van der Waals surface area (Å²) in [4.78, 5) is 13.6. The summed E-state index contributed by atoms with van der Waals surface area (Å²) in [7, 11) is 1.84. The van der Waals surface area contributed by atoms with E-state index in [0.29, 0.717) is 11.8 Å². The van der Waals surface area contributed by atoms with E-state index in [9.17, 15) is 0 Å². The Morgan fingerprint density at radius 1 is 1.27 bits per heavy atom. The highest BCUT2D eigenvalue weighted by Crippen LogP contribution is 2.25. The summed E-state index contributed by atoms with van der Waals surface area (Å²) < 4.78 is 5.30. The van der Waals surface area contributed by atoms with Gasteiger partial charge in [-0.15, -0.1) is 24.0 Å². The van der Waals surface area contributed by atoms with Crippen LogP contribution in [0.3, 0.4) is 0 Å². The Labute approximate surface area is 201 Å². The van der Waals surface area contributed by atoms with Crippen molar-refractivity contribution in [3.63, 3.8) is 0 Å². The molecule has 0 amide bonds. The van der Waals surface area contributed by atoms with Crippen LogP contribution in [-0.4, -0.2) is 60.8 Å². The quantitative estimate of drug-likeness (QED) is 0.255. The molecule has 0 atom stereocenters. The molecule has 1 saturated heterocycles. The number of nitrogens with one attached hydrogen (secondary N) is 1. The molecule has 1 aromatic heterocycles. The predicted octanol–water partition coefficient (Wildman–Crippen LogP) is 4.10. The van der Waals surface area contributed by atoms with E-state index in [-0.39, 0.29) is 24.0 Å². The van der Waals surface area contributed by atoms with Crippen LogP contribution in [0.5, 0.6) is 0 Å². The second-order valence-corrected chi connectivity index (χ2v) is 8.12. The highest BCUT2D eigenvalue weighted by Gasteiger charge is 2.21. The molecular weight excluding hydrogens is 515 g/mol. The Morgan fingerprint density at radius 2 is 2.00 bits per heavy atom. The zero-order chi connectivity index (χ0) is 20.8. The van der Waals surface area contributed by atoms with Gasteiger partial charge in [0.2, 0.25) is 5.89 Å². The number of aliphatic imine (C=N–C) groups is 1. The summed E-state index contributed by atoms with van der Waals surface area (Å²) in [6, 6.07) is 6.08. The van der Waals surface area contributed by atoms with Crippen molar-refractivity contribution in [1.82, 2.24) is 20.4 Å². The Bertz CT molecular complexity index is 833. The van der Waals surface area contributed by atoms with Gasteiger partial charge in [0.05, 0.1) is 0 Å². The lowest BCUT2D eigenvalue weighted by Crippen LogP contribution is -2.52. The van der Waals surface area contributed by atoms with E-state index in [4.69, 9.17) is 16.1 Å². The SMILES string of the molecule is CN=C(NCCCc1nc(C(C)C)no1)N1CCN(c2cc(Cl)ccc2C)CC1.I. The molecule has 0 saturated carbocycles. The smallest absolute Gasteiger partial charge is 0.226 e. The molecule has 0 radical (unpaired) electrons. The molecule has 1 fully saturated rings. The highest BCUT2D eigenvalue weighted by molar-refractivity contribution is 14.0. The standard InChI is InChI=1S/C21H31ClN6O.HI/c1-15(2)20-25-19(29-26-20)6-5-9-24-21(23-4)28-12-10-27(11-13-28)18-14-17(22)8-7-16(18)3;/h7-8,14-15H,5-6,9-13H2,1-4H3,(H,23,24);1H. The van der Waals surface area contributed by atoms with Gasteiger partial charge in [0, 0.05) is 62.8 Å². The van der Waals surface area contributed by atoms with E-state index in [0.717, 1.165) is 62.4 Å². The van der Waals surface area contributed by atoms with Gasteiger partial charge in [-0.3, -0.25) is 4.99 Å². The first-order valence-corrected chi connectivity index (χ1v) is 10.6. The number of aromatic nitrogens is 2. The monoisotopic (exact) mass is 546 g/mol. The molecule has 0 bridgehead atoms. The van der Waals surface area contributed by atoms with Gasteiger partial charge in [0.15, 0.2) is 11.8 Å². The lowest BCUT2D eigenvalue weighted by Gasteiger charge is -2.38. The van der Waals surface area contributed by atoms with Gasteiger partial charge < -0.3 is 19.6 Å². The fourth-order valence-corrected chi connectivity index (χ4v) is 3.62. The third-order valence-electron chi connectivity index (χ3n) is 5.15. The van der Waals surface area contributed by atoms with Gasteiger partial charge in [-0.1, -0.05) is 36.7 Å². The molecule has 30 heavy (non-hydrogen) atoms. The number of rotatable bonds is 6. The number of guanidine groups is 1. The first-order valence-electron chi connectivity index (χ1n) is 10.3. The minimum absolute atomic E-state index is 0. The number of piperazine rings is 1. The van der Waals surface area contributed by atoms with Crippen molar-refractivity contribution < 1.29 is 4.52 Å². The first kappa shape index (κ1) is 24.7. The Morgan fingerprint density at radius 3 is 2.63 bits per heavy atom. The Hall–Kier alpha value is -1.55. The molecule has 1 aromatic carbocycles. The van der Waals surface area contributed by atoms with Crippen LogP contribution in [0.15, 0.2) is 27.7 Å². The van der Waals surface area contributed by atoms with E-state index in [1.54, 1.807) is 0 Å².